The van der Waals surface area contributed by atoms with Crippen LogP contribution in [-0.4, -0.2) is 46.8 Å². The van der Waals surface area contributed by atoms with E-state index in [4.69, 9.17) is 10.2 Å². The average molecular weight is 375 g/mol. The van der Waals surface area contributed by atoms with Gasteiger partial charge in [0.2, 0.25) is 0 Å². The second-order valence-electron chi connectivity index (χ2n) is 7.97. The van der Waals surface area contributed by atoms with Crippen LogP contribution in [0.2, 0.25) is 0 Å². The van der Waals surface area contributed by atoms with Gasteiger partial charge in [-0.2, -0.15) is 0 Å². The van der Waals surface area contributed by atoms with E-state index in [1.165, 1.54) is 16.7 Å². The minimum absolute atomic E-state index is 0.0944. The molecule has 5 nitrogen and oxygen atoms in total. The number of para-hydroxylation sites is 1. The minimum atomic E-state index is -0.430. The first-order valence-corrected chi connectivity index (χ1v) is 9.98. The largest absolute Gasteiger partial charge is 0.456 e. The van der Waals surface area contributed by atoms with Crippen molar-refractivity contribution in [2.45, 2.75) is 31.4 Å². The molecule has 0 bridgehead atoms. The number of fused-ring (bicyclic) bond motifs is 2. The molecule has 5 rings (SSSR count). The molecule has 3 heterocycles. The highest BCUT2D eigenvalue weighted by Crippen LogP contribution is 2.35. The molecular weight excluding hydrogens is 350 g/mol. The maximum absolute atomic E-state index is 10.1. The summed E-state index contributed by atoms with van der Waals surface area (Å²) in [7, 11) is 0. The summed E-state index contributed by atoms with van der Waals surface area (Å²) in [6.45, 7) is 2.47. The number of piperidine rings is 1. The Balaban J connectivity index is 1.46. The second-order valence-corrected chi connectivity index (χ2v) is 7.97. The van der Waals surface area contributed by atoms with Gasteiger partial charge in [-0.1, -0.05) is 29.8 Å². The molecule has 28 heavy (non-hydrogen) atoms. The van der Waals surface area contributed by atoms with E-state index in [0.717, 1.165) is 54.6 Å². The predicted octanol–water partition coefficient (Wildman–Crippen LogP) is 3.22. The molecule has 2 aromatic heterocycles. The van der Waals surface area contributed by atoms with Crippen molar-refractivity contribution in [2.75, 3.05) is 19.6 Å². The lowest BCUT2D eigenvalue weighted by Crippen LogP contribution is -2.50. The summed E-state index contributed by atoms with van der Waals surface area (Å²) in [5.74, 6) is 0.863. The zero-order valence-corrected chi connectivity index (χ0v) is 15.8. The van der Waals surface area contributed by atoms with Crippen LogP contribution in [0.15, 0.2) is 52.7 Å². The average Bonchev–Trinajstić information content (AvgIpc) is 3.14. The number of aliphatic hydroxyl groups is 1. The van der Waals surface area contributed by atoms with Gasteiger partial charge in [-0.05, 0) is 42.5 Å². The number of rotatable bonds is 3. The van der Waals surface area contributed by atoms with Crippen molar-refractivity contribution in [3.63, 3.8) is 0 Å². The first-order valence-electron chi connectivity index (χ1n) is 9.98. The van der Waals surface area contributed by atoms with Crippen LogP contribution in [0.5, 0.6) is 0 Å². The SMILES string of the molecule is NC1CCN(CC2=Cc3c(cncc3-c3cc4ccccc4o3)CC2)CC1O. The second kappa shape index (κ2) is 7.17. The Morgan fingerprint density at radius 3 is 2.96 bits per heavy atom. The Morgan fingerprint density at radius 1 is 1.21 bits per heavy atom. The first-order chi connectivity index (χ1) is 13.7. The van der Waals surface area contributed by atoms with E-state index in [-0.39, 0.29) is 6.04 Å². The van der Waals surface area contributed by atoms with Crippen molar-refractivity contribution in [2.24, 2.45) is 5.73 Å². The minimum Gasteiger partial charge on any atom is -0.456 e. The molecule has 1 saturated heterocycles. The van der Waals surface area contributed by atoms with E-state index in [9.17, 15) is 5.11 Å². The number of hydrogen-bond acceptors (Lipinski definition) is 5. The lowest BCUT2D eigenvalue weighted by atomic mass is 9.89. The van der Waals surface area contributed by atoms with Gasteiger partial charge in [-0.3, -0.25) is 9.88 Å². The number of pyridine rings is 1. The molecule has 1 aliphatic heterocycles. The molecule has 3 N–H and O–H groups in total. The number of hydrogen-bond donors (Lipinski definition) is 2. The van der Waals surface area contributed by atoms with Crippen molar-refractivity contribution in [1.29, 1.82) is 0 Å². The molecule has 1 fully saturated rings. The van der Waals surface area contributed by atoms with Gasteiger partial charge in [0, 0.05) is 49.0 Å². The first kappa shape index (κ1) is 17.6. The predicted molar refractivity (Wildman–Crippen MR) is 111 cm³/mol. The van der Waals surface area contributed by atoms with E-state index in [0.29, 0.717) is 6.54 Å². The van der Waals surface area contributed by atoms with E-state index >= 15 is 0 Å². The number of nitrogens with zero attached hydrogens (tertiary/aromatic N) is 2. The fourth-order valence-corrected chi connectivity index (χ4v) is 4.34. The van der Waals surface area contributed by atoms with Gasteiger partial charge >= 0.3 is 0 Å². The lowest BCUT2D eigenvalue weighted by molar-refractivity contribution is 0.0578. The third kappa shape index (κ3) is 3.26. The number of likely N-dealkylation sites (tertiary alicyclic amines) is 1. The summed E-state index contributed by atoms with van der Waals surface area (Å²) in [5.41, 5.74) is 11.8. The molecule has 0 amide bonds. The smallest absolute Gasteiger partial charge is 0.137 e. The van der Waals surface area contributed by atoms with Crippen molar-refractivity contribution in [3.05, 3.63) is 59.4 Å². The van der Waals surface area contributed by atoms with Gasteiger partial charge in [0.05, 0.1) is 6.10 Å². The standard InChI is InChI=1S/C23H25N3O2/c24-20-7-8-26(14-21(20)27)13-15-5-6-17-11-25-12-19(18(17)9-15)23-10-16-3-1-2-4-22(16)28-23/h1-4,9-12,20-21,27H,5-8,13-14,24H2. The quantitative estimate of drug-likeness (QED) is 0.735. The third-order valence-corrected chi connectivity index (χ3v) is 5.97. The van der Waals surface area contributed by atoms with Crippen LogP contribution in [0, 0.1) is 0 Å². The van der Waals surface area contributed by atoms with Crippen LogP contribution in [0.4, 0.5) is 0 Å². The van der Waals surface area contributed by atoms with E-state index in [1.807, 2.05) is 30.6 Å². The van der Waals surface area contributed by atoms with Gasteiger partial charge in [0.25, 0.3) is 0 Å². The number of furan rings is 1. The highest BCUT2D eigenvalue weighted by atomic mass is 16.3. The van der Waals surface area contributed by atoms with E-state index in [2.05, 4.69) is 28.1 Å². The Morgan fingerprint density at radius 2 is 2.11 bits per heavy atom. The fourth-order valence-electron chi connectivity index (χ4n) is 4.34. The maximum atomic E-state index is 10.1. The van der Waals surface area contributed by atoms with Crippen LogP contribution in [0.1, 0.15) is 24.0 Å². The highest BCUT2D eigenvalue weighted by Gasteiger charge is 2.26. The van der Waals surface area contributed by atoms with Crippen LogP contribution in [0.25, 0.3) is 28.4 Å². The number of benzene rings is 1. The highest BCUT2D eigenvalue weighted by molar-refractivity contribution is 5.85. The van der Waals surface area contributed by atoms with Gasteiger partial charge < -0.3 is 15.3 Å². The van der Waals surface area contributed by atoms with Crippen molar-refractivity contribution < 1.29 is 9.52 Å². The molecule has 5 heteroatoms. The molecule has 1 aliphatic carbocycles. The molecule has 0 saturated carbocycles. The summed E-state index contributed by atoms with van der Waals surface area (Å²) < 4.78 is 6.10. The molecule has 144 valence electrons. The summed E-state index contributed by atoms with van der Waals surface area (Å²) in [4.78, 5) is 6.77. The number of aryl methyl sites for hydroxylation is 1. The Labute approximate surface area is 164 Å². The van der Waals surface area contributed by atoms with Gasteiger partial charge in [-0.15, -0.1) is 0 Å². The van der Waals surface area contributed by atoms with Crippen LogP contribution in [-0.2, 0) is 6.42 Å². The number of β-amino-alcohol motifs (C(OH)–C–C–N with tert-alkyl or cyclic N) is 1. The zero-order chi connectivity index (χ0) is 19.1. The Hall–Kier alpha value is -2.47. The summed E-state index contributed by atoms with van der Waals surface area (Å²) >= 11 is 0. The van der Waals surface area contributed by atoms with Gasteiger partial charge in [0.1, 0.15) is 11.3 Å². The molecule has 0 spiro atoms. The van der Waals surface area contributed by atoms with E-state index in [1.54, 1.807) is 0 Å². The van der Waals surface area contributed by atoms with Crippen LogP contribution < -0.4 is 5.73 Å². The molecule has 1 aromatic carbocycles. The molecule has 3 aromatic rings. The van der Waals surface area contributed by atoms with Crippen LogP contribution in [0.3, 0.4) is 0 Å². The zero-order valence-electron chi connectivity index (χ0n) is 15.8. The van der Waals surface area contributed by atoms with Gasteiger partial charge in [-0.25, -0.2) is 0 Å². The monoisotopic (exact) mass is 375 g/mol. The summed E-state index contributed by atoms with van der Waals surface area (Å²) in [6, 6.07) is 10.1. The summed E-state index contributed by atoms with van der Waals surface area (Å²) in [5, 5.41) is 11.2. The Bertz CT molecular complexity index is 1010. The third-order valence-electron chi connectivity index (χ3n) is 5.97. The molecule has 2 aliphatic rings. The number of nitrogens with two attached hydrogens (primary N) is 1. The maximum Gasteiger partial charge on any atom is 0.137 e. The van der Waals surface area contributed by atoms with Crippen molar-refractivity contribution in [3.8, 4) is 11.3 Å². The normalized spacial score (nSPS) is 22.9. The molecular formula is C23H25N3O2. The van der Waals surface area contributed by atoms with Crippen molar-refractivity contribution >= 4 is 17.0 Å². The van der Waals surface area contributed by atoms with E-state index < -0.39 is 6.10 Å². The topological polar surface area (TPSA) is 75.5 Å². The lowest BCUT2D eigenvalue weighted by Gasteiger charge is -2.35. The molecule has 2 unspecified atom stereocenters. The Kier molecular flexibility index (Phi) is 4.51. The molecule has 2 atom stereocenters. The number of aliphatic hydroxyl groups excluding tert-OH is 1. The molecule has 0 radical (unpaired) electrons. The fraction of sp³-hybridized carbons (Fsp3) is 0.348. The van der Waals surface area contributed by atoms with Crippen LogP contribution >= 0.6 is 0 Å². The van der Waals surface area contributed by atoms with Gasteiger partial charge in [0.15, 0.2) is 0 Å². The van der Waals surface area contributed by atoms with Crippen molar-refractivity contribution in [1.82, 2.24) is 9.88 Å². The summed E-state index contributed by atoms with van der Waals surface area (Å²) in [6.07, 6.45) is 8.59. The number of aromatic nitrogens is 1.